The van der Waals surface area contributed by atoms with E-state index in [1.54, 1.807) is 4.90 Å². The highest BCUT2D eigenvalue weighted by Gasteiger charge is 2.09. The molecule has 1 aliphatic heterocycles. The summed E-state index contributed by atoms with van der Waals surface area (Å²) in [7, 11) is 0. The summed E-state index contributed by atoms with van der Waals surface area (Å²) in [5, 5.41) is 0. The Bertz CT molecular complexity index is 271. The average Bonchev–Trinajstić information content (AvgIpc) is 2.85. The molecular formula is C18H34ClN. The fraction of sp³-hybridized carbons (Fsp3) is 0.778. The maximum absolute atomic E-state index is 2.41. The summed E-state index contributed by atoms with van der Waals surface area (Å²) in [5.41, 5.74) is 1.54. The van der Waals surface area contributed by atoms with Gasteiger partial charge >= 0.3 is 0 Å². The highest BCUT2D eigenvalue weighted by molar-refractivity contribution is 5.17. The van der Waals surface area contributed by atoms with Crippen molar-refractivity contribution in [3.63, 3.8) is 0 Å². The van der Waals surface area contributed by atoms with E-state index in [2.05, 4.69) is 32.3 Å². The minimum atomic E-state index is 0. The SMILES string of the molecule is CCCCCCCCCCC[NH+]1C=CC(CCC)=C1.[Cl-]. The van der Waals surface area contributed by atoms with Crippen LogP contribution in [-0.2, 0) is 0 Å². The predicted octanol–water partition coefficient (Wildman–Crippen LogP) is 1.62. The molecule has 0 bridgehead atoms. The van der Waals surface area contributed by atoms with Crippen LogP contribution in [-0.4, -0.2) is 6.54 Å². The average molecular weight is 300 g/mol. The van der Waals surface area contributed by atoms with Crippen LogP contribution in [0, 0.1) is 0 Å². The third-order valence-electron chi connectivity index (χ3n) is 3.99. The zero-order valence-corrected chi connectivity index (χ0v) is 14.4. The molecule has 20 heavy (non-hydrogen) atoms. The quantitative estimate of drug-likeness (QED) is 0.522. The van der Waals surface area contributed by atoms with Gasteiger partial charge in [0.25, 0.3) is 0 Å². The second kappa shape index (κ2) is 13.7. The first kappa shape index (κ1) is 19.7. The number of allylic oxidation sites excluding steroid dienone is 2. The van der Waals surface area contributed by atoms with Crippen LogP contribution in [0.25, 0.3) is 0 Å². The van der Waals surface area contributed by atoms with Gasteiger partial charge in [-0.15, -0.1) is 0 Å². The van der Waals surface area contributed by atoms with Crippen molar-refractivity contribution >= 4 is 0 Å². The molecule has 1 heterocycles. The largest absolute Gasteiger partial charge is 1.00 e. The summed E-state index contributed by atoms with van der Waals surface area (Å²) in [4.78, 5) is 1.56. The van der Waals surface area contributed by atoms with Crippen LogP contribution in [0.15, 0.2) is 24.0 Å². The lowest BCUT2D eigenvalue weighted by Crippen LogP contribution is -3.01. The summed E-state index contributed by atoms with van der Waals surface area (Å²) < 4.78 is 0. The number of halogens is 1. The second-order valence-corrected chi connectivity index (χ2v) is 5.96. The summed E-state index contributed by atoms with van der Waals surface area (Å²) in [6.45, 7) is 5.84. The number of unbranched alkanes of at least 4 members (excludes halogenated alkanes) is 8. The van der Waals surface area contributed by atoms with Gasteiger partial charge in [-0.05, 0) is 19.3 Å². The van der Waals surface area contributed by atoms with Gasteiger partial charge in [0.15, 0.2) is 0 Å². The first-order valence-corrected chi connectivity index (χ1v) is 8.61. The Hall–Kier alpha value is -0.270. The molecule has 1 unspecified atom stereocenters. The number of rotatable bonds is 12. The van der Waals surface area contributed by atoms with Crippen LogP contribution >= 0.6 is 0 Å². The Morgan fingerprint density at radius 3 is 2.00 bits per heavy atom. The zero-order valence-electron chi connectivity index (χ0n) is 13.6. The Morgan fingerprint density at radius 2 is 1.40 bits per heavy atom. The van der Waals surface area contributed by atoms with Gasteiger partial charge in [-0.3, -0.25) is 4.90 Å². The molecule has 1 N–H and O–H groups in total. The van der Waals surface area contributed by atoms with E-state index < -0.39 is 0 Å². The lowest BCUT2D eigenvalue weighted by molar-refractivity contribution is -0.788. The van der Waals surface area contributed by atoms with Crippen LogP contribution in [0.3, 0.4) is 0 Å². The van der Waals surface area contributed by atoms with Crippen LogP contribution < -0.4 is 17.3 Å². The lowest BCUT2D eigenvalue weighted by atomic mass is 10.1. The Kier molecular flexibility index (Phi) is 13.5. The molecule has 1 rings (SSSR count). The van der Waals surface area contributed by atoms with E-state index in [9.17, 15) is 0 Å². The minimum absolute atomic E-state index is 0. The molecule has 0 aromatic heterocycles. The third-order valence-corrected chi connectivity index (χ3v) is 3.99. The molecule has 118 valence electrons. The molecule has 1 nitrogen and oxygen atoms in total. The van der Waals surface area contributed by atoms with Gasteiger partial charge in [0.05, 0.1) is 12.7 Å². The predicted molar refractivity (Wildman–Crippen MR) is 85.2 cm³/mol. The number of quaternary nitrogens is 1. The Morgan fingerprint density at radius 1 is 0.800 bits per heavy atom. The first-order chi connectivity index (χ1) is 9.36. The van der Waals surface area contributed by atoms with Gasteiger partial charge in [-0.2, -0.15) is 0 Å². The van der Waals surface area contributed by atoms with E-state index in [1.165, 1.54) is 82.7 Å². The van der Waals surface area contributed by atoms with Crippen LogP contribution in [0.2, 0.25) is 0 Å². The fourth-order valence-corrected chi connectivity index (χ4v) is 2.79. The van der Waals surface area contributed by atoms with Crippen molar-refractivity contribution in [3.05, 3.63) is 24.0 Å². The maximum atomic E-state index is 2.41. The molecule has 0 amide bonds. The Balaban J connectivity index is 0.00000361. The maximum Gasteiger partial charge on any atom is 0.102 e. The van der Waals surface area contributed by atoms with Crippen LogP contribution in [0.1, 0.15) is 84.5 Å². The number of hydrogen-bond acceptors (Lipinski definition) is 0. The van der Waals surface area contributed by atoms with Gasteiger partial charge in [-0.25, -0.2) is 0 Å². The molecule has 1 aliphatic rings. The molecule has 1 atom stereocenters. The van der Waals surface area contributed by atoms with Crippen molar-refractivity contribution in [3.8, 4) is 0 Å². The third kappa shape index (κ3) is 9.61. The molecule has 0 saturated heterocycles. The zero-order chi connectivity index (χ0) is 13.8. The monoisotopic (exact) mass is 299 g/mol. The van der Waals surface area contributed by atoms with E-state index in [0.717, 1.165) is 0 Å². The van der Waals surface area contributed by atoms with Gasteiger partial charge in [0.1, 0.15) is 6.20 Å². The second-order valence-electron chi connectivity index (χ2n) is 5.96. The minimum Gasteiger partial charge on any atom is -1.00 e. The fourth-order valence-electron chi connectivity index (χ4n) is 2.79. The molecule has 0 radical (unpaired) electrons. The van der Waals surface area contributed by atoms with Crippen LogP contribution in [0.4, 0.5) is 0 Å². The molecule has 0 fully saturated rings. The molecular weight excluding hydrogens is 266 g/mol. The van der Waals surface area contributed by atoms with E-state index in [1.807, 2.05) is 0 Å². The van der Waals surface area contributed by atoms with Gasteiger partial charge in [-0.1, -0.05) is 65.2 Å². The highest BCUT2D eigenvalue weighted by Crippen LogP contribution is 2.09. The number of nitrogens with one attached hydrogen (secondary N) is 1. The first-order valence-electron chi connectivity index (χ1n) is 8.61. The lowest BCUT2D eigenvalue weighted by Gasteiger charge is -2.06. The molecule has 0 aromatic rings. The van der Waals surface area contributed by atoms with Gasteiger partial charge < -0.3 is 12.4 Å². The van der Waals surface area contributed by atoms with Crippen molar-refractivity contribution in [1.82, 2.24) is 0 Å². The van der Waals surface area contributed by atoms with Crippen molar-refractivity contribution in [2.75, 3.05) is 6.54 Å². The van der Waals surface area contributed by atoms with E-state index in [4.69, 9.17) is 0 Å². The molecule has 0 aliphatic carbocycles. The molecule has 0 aromatic carbocycles. The van der Waals surface area contributed by atoms with Gasteiger partial charge in [0, 0.05) is 11.6 Å². The van der Waals surface area contributed by atoms with Crippen molar-refractivity contribution in [2.45, 2.75) is 84.5 Å². The summed E-state index contributed by atoms with van der Waals surface area (Å²) >= 11 is 0. The Labute approximate surface area is 132 Å². The van der Waals surface area contributed by atoms with Crippen LogP contribution in [0.5, 0.6) is 0 Å². The van der Waals surface area contributed by atoms with E-state index in [-0.39, 0.29) is 12.4 Å². The van der Waals surface area contributed by atoms with Crippen molar-refractivity contribution < 1.29 is 17.3 Å². The smallest absolute Gasteiger partial charge is 0.102 e. The van der Waals surface area contributed by atoms with Gasteiger partial charge in [0.2, 0.25) is 0 Å². The topological polar surface area (TPSA) is 4.44 Å². The van der Waals surface area contributed by atoms with Crippen molar-refractivity contribution in [1.29, 1.82) is 0 Å². The standard InChI is InChI=1S/C18H33N.ClH/c1-3-5-6-7-8-9-10-11-12-15-19-16-14-18(17-19)13-4-2;/h14,16-17H,3-13,15H2,1-2H3;1H. The van der Waals surface area contributed by atoms with E-state index >= 15 is 0 Å². The molecule has 0 spiro atoms. The summed E-state index contributed by atoms with van der Waals surface area (Å²) in [6.07, 6.45) is 22.4. The highest BCUT2D eigenvalue weighted by atomic mass is 35.5. The summed E-state index contributed by atoms with van der Waals surface area (Å²) in [6, 6.07) is 0. The molecule has 2 heteroatoms. The van der Waals surface area contributed by atoms with Crippen molar-refractivity contribution in [2.24, 2.45) is 0 Å². The normalized spacial score (nSPS) is 17.1. The summed E-state index contributed by atoms with van der Waals surface area (Å²) in [5.74, 6) is 0. The number of hydrogen-bond donors (Lipinski definition) is 1. The van der Waals surface area contributed by atoms with E-state index in [0.29, 0.717) is 0 Å². The molecule has 0 saturated carbocycles.